The lowest BCUT2D eigenvalue weighted by molar-refractivity contribution is -0.122. The molecule has 0 saturated heterocycles. The van der Waals surface area contributed by atoms with Crippen molar-refractivity contribution in [3.63, 3.8) is 0 Å². The van der Waals surface area contributed by atoms with Gasteiger partial charge in [-0.25, -0.2) is 0 Å². The zero-order valence-electron chi connectivity index (χ0n) is 11.1. The van der Waals surface area contributed by atoms with Crippen molar-refractivity contribution in [2.75, 3.05) is 18.0 Å². The number of carbonyl (C=O) groups excluding carboxylic acids is 3. The van der Waals surface area contributed by atoms with E-state index in [4.69, 9.17) is 11.6 Å². The maximum Gasteiger partial charge on any atom is 0.300 e. The number of halogens is 1. The lowest BCUT2D eigenvalue weighted by atomic mass is 10.1. The van der Waals surface area contributed by atoms with Gasteiger partial charge in [-0.3, -0.25) is 19.3 Å². The first-order chi connectivity index (χ1) is 9.56. The van der Waals surface area contributed by atoms with Crippen LogP contribution in [0.5, 0.6) is 0 Å². The van der Waals surface area contributed by atoms with Crippen molar-refractivity contribution in [2.24, 2.45) is 0 Å². The molecule has 106 valence electrons. The van der Waals surface area contributed by atoms with Crippen molar-refractivity contribution >= 4 is 34.9 Å². The molecule has 5 nitrogen and oxygen atoms in total. The molecular formula is C14H15ClN2O3. The first-order valence-corrected chi connectivity index (χ1v) is 6.85. The van der Waals surface area contributed by atoms with Gasteiger partial charge < -0.3 is 5.32 Å². The Morgan fingerprint density at radius 3 is 2.80 bits per heavy atom. The SMILES string of the molecule is CCCCNC(=O)CN1C(=O)C(=O)c2c(Cl)cccc21. The molecule has 0 atom stereocenters. The molecule has 20 heavy (non-hydrogen) atoms. The lowest BCUT2D eigenvalue weighted by Gasteiger charge is -2.16. The number of nitrogens with zero attached hydrogens (tertiary/aromatic N) is 1. The minimum atomic E-state index is -0.709. The summed E-state index contributed by atoms with van der Waals surface area (Å²) >= 11 is 5.93. The molecule has 1 aromatic rings. The fourth-order valence-corrected chi connectivity index (χ4v) is 2.32. The van der Waals surface area contributed by atoms with Gasteiger partial charge in [-0.05, 0) is 18.6 Å². The molecule has 1 aromatic carbocycles. The van der Waals surface area contributed by atoms with Crippen LogP contribution in [0.15, 0.2) is 18.2 Å². The molecule has 2 amide bonds. The molecule has 1 N–H and O–H groups in total. The van der Waals surface area contributed by atoms with Gasteiger partial charge in [-0.1, -0.05) is 31.0 Å². The van der Waals surface area contributed by atoms with Gasteiger partial charge in [0.05, 0.1) is 16.3 Å². The minimum Gasteiger partial charge on any atom is -0.355 e. The van der Waals surface area contributed by atoms with Gasteiger partial charge in [-0.15, -0.1) is 0 Å². The van der Waals surface area contributed by atoms with E-state index in [1.807, 2.05) is 6.92 Å². The molecule has 0 spiro atoms. The van der Waals surface area contributed by atoms with E-state index in [-0.39, 0.29) is 23.0 Å². The molecule has 0 aliphatic carbocycles. The average molecular weight is 295 g/mol. The second-order valence-corrected chi connectivity index (χ2v) is 4.97. The van der Waals surface area contributed by atoms with Crippen LogP contribution in [0.1, 0.15) is 30.1 Å². The van der Waals surface area contributed by atoms with Crippen LogP contribution in [0.25, 0.3) is 0 Å². The van der Waals surface area contributed by atoms with Crippen LogP contribution in [0, 0.1) is 0 Å². The number of rotatable bonds is 5. The minimum absolute atomic E-state index is 0.165. The predicted octanol–water partition coefficient (Wildman–Crippen LogP) is 1.79. The van der Waals surface area contributed by atoms with Crippen molar-refractivity contribution < 1.29 is 14.4 Å². The third-order valence-electron chi connectivity index (χ3n) is 3.10. The van der Waals surface area contributed by atoms with Crippen molar-refractivity contribution in [2.45, 2.75) is 19.8 Å². The van der Waals surface area contributed by atoms with E-state index in [0.29, 0.717) is 12.2 Å². The number of Topliss-reactive ketones (excluding diaryl/α,β-unsaturated/α-hetero) is 1. The van der Waals surface area contributed by atoms with E-state index in [1.165, 1.54) is 4.90 Å². The van der Waals surface area contributed by atoms with E-state index < -0.39 is 11.7 Å². The lowest BCUT2D eigenvalue weighted by Crippen LogP contribution is -2.40. The Labute approximate surface area is 121 Å². The summed E-state index contributed by atoms with van der Waals surface area (Å²) in [6.45, 7) is 2.42. The van der Waals surface area contributed by atoms with Crippen LogP contribution in [-0.4, -0.2) is 30.7 Å². The van der Waals surface area contributed by atoms with Gasteiger partial charge in [0.15, 0.2) is 0 Å². The summed E-state index contributed by atoms with van der Waals surface area (Å²) in [4.78, 5) is 36.7. The Morgan fingerprint density at radius 2 is 2.10 bits per heavy atom. The summed E-state index contributed by atoms with van der Waals surface area (Å²) in [7, 11) is 0. The molecule has 1 aliphatic heterocycles. The number of hydrogen-bond donors (Lipinski definition) is 1. The Kier molecular flexibility index (Phi) is 4.39. The number of benzene rings is 1. The molecule has 0 radical (unpaired) electrons. The van der Waals surface area contributed by atoms with Crippen LogP contribution >= 0.6 is 11.6 Å². The number of ketones is 1. The number of nitrogens with one attached hydrogen (secondary N) is 1. The van der Waals surface area contributed by atoms with Gasteiger partial charge >= 0.3 is 0 Å². The Balaban J connectivity index is 2.14. The number of carbonyl (C=O) groups is 3. The summed E-state index contributed by atoms with van der Waals surface area (Å²) in [6.07, 6.45) is 1.85. The smallest absolute Gasteiger partial charge is 0.300 e. The predicted molar refractivity (Wildman–Crippen MR) is 76.1 cm³/mol. The fraction of sp³-hybridized carbons (Fsp3) is 0.357. The highest BCUT2D eigenvalue weighted by Gasteiger charge is 2.38. The van der Waals surface area contributed by atoms with Crippen LogP contribution in [0.3, 0.4) is 0 Å². The monoisotopic (exact) mass is 294 g/mol. The van der Waals surface area contributed by atoms with Gasteiger partial charge in [-0.2, -0.15) is 0 Å². The standard InChI is InChI=1S/C14H15ClN2O3/c1-2-3-7-16-11(18)8-17-10-6-4-5-9(15)12(10)13(19)14(17)20/h4-6H,2-3,7-8H2,1H3,(H,16,18). The third-order valence-corrected chi connectivity index (χ3v) is 3.42. The molecule has 1 aliphatic rings. The first kappa shape index (κ1) is 14.5. The Morgan fingerprint density at radius 1 is 1.35 bits per heavy atom. The third kappa shape index (κ3) is 2.67. The maximum atomic E-state index is 11.9. The highest BCUT2D eigenvalue weighted by atomic mass is 35.5. The molecule has 1 heterocycles. The summed E-state index contributed by atoms with van der Waals surface area (Å²) in [5.74, 6) is -1.65. The van der Waals surface area contributed by atoms with Crippen molar-refractivity contribution in [3.8, 4) is 0 Å². The second kappa shape index (κ2) is 6.05. The highest BCUT2D eigenvalue weighted by molar-refractivity contribution is 6.55. The zero-order chi connectivity index (χ0) is 14.7. The maximum absolute atomic E-state index is 11.9. The van der Waals surface area contributed by atoms with E-state index in [2.05, 4.69) is 5.32 Å². The molecule has 6 heteroatoms. The molecule has 2 rings (SSSR count). The number of fused-ring (bicyclic) bond motifs is 1. The largest absolute Gasteiger partial charge is 0.355 e. The quantitative estimate of drug-likeness (QED) is 0.665. The molecule has 0 aromatic heterocycles. The summed E-state index contributed by atoms with van der Waals surface area (Å²) in [6, 6.07) is 4.81. The summed E-state index contributed by atoms with van der Waals surface area (Å²) < 4.78 is 0. The summed E-state index contributed by atoms with van der Waals surface area (Å²) in [5.41, 5.74) is 0.582. The van der Waals surface area contributed by atoms with E-state index in [1.54, 1.807) is 18.2 Å². The molecule has 0 saturated carbocycles. The summed E-state index contributed by atoms with van der Waals surface area (Å²) in [5, 5.41) is 2.95. The van der Waals surface area contributed by atoms with Crippen LogP contribution < -0.4 is 10.2 Å². The number of amides is 2. The van der Waals surface area contributed by atoms with E-state index >= 15 is 0 Å². The van der Waals surface area contributed by atoms with Gasteiger partial charge in [0.1, 0.15) is 6.54 Å². The highest BCUT2D eigenvalue weighted by Crippen LogP contribution is 2.33. The first-order valence-electron chi connectivity index (χ1n) is 6.47. The van der Waals surface area contributed by atoms with Gasteiger partial charge in [0.25, 0.3) is 11.7 Å². The van der Waals surface area contributed by atoms with E-state index in [9.17, 15) is 14.4 Å². The van der Waals surface area contributed by atoms with Gasteiger partial charge in [0.2, 0.25) is 5.91 Å². The van der Waals surface area contributed by atoms with Crippen molar-refractivity contribution in [1.82, 2.24) is 5.32 Å². The normalized spacial score (nSPS) is 13.6. The van der Waals surface area contributed by atoms with Crippen LogP contribution in [0.4, 0.5) is 5.69 Å². The topological polar surface area (TPSA) is 66.5 Å². The van der Waals surface area contributed by atoms with Gasteiger partial charge in [0, 0.05) is 6.54 Å². The Hall–Kier alpha value is -1.88. The molecule has 0 fully saturated rings. The fourth-order valence-electron chi connectivity index (χ4n) is 2.06. The number of hydrogen-bond acceptors (Lipinski definition) is 3. The molecular weight excluding hydrogens is 280 g/mol. The number of unbranched alkanes of at least 4 members (excludes halogenated alkanes) is 1. The zero-order valence-corrected chi connectivity index (χ0v) is 11.9. The average Bonchev–Trinajstić information content (AvgIpc) is 2.65. The Bertz CT molecular complexity index is 572. The number of anilines is 1. The second-order valence-electron chi connectivity index (χ2n) is 4.56. The van der Waals surface area contributed by atoms with E-state index in [0.717, 1.165) is 12.8 Å². The van der Waals surface area contributed by atoms with Crippen molar-refractivity contribution in [3.05, 3.63) is 28.8 Å². The molecule has 0 unspecified atom stereocenters. The van der Waals surface area contributed by atoms with Crippen LogP contribution in [0.2, 0.25) is 5.02 Å². The van der Waals surface area contributed by atoms with Crippen LogP contribution in [-0.2, 0) is 9.59 Å². The van der Waals surface area contributed by atoms with Crippen molar-refractivity contribution in [1.29, 1.82) is 0 Å². The molecule has 0 bridgehead atoms.